The van der Waals surface area contributed by atoms with Crippen LogP contribution in [0.1, 0.15) is 44.2 Å². The van der Waals surface area contributed by atoms with E-state index in [2.05, 4.69) is 19.9 Å². The van der Waals surface area contributed by atoms with E-state index in [4.69, 9.17) is 23.7 Å². The number of rotatable bonds is 14. The number of hydrogen-bond donors (Lipinski definition) is 0. The summed E-state index contributed by atoms with van der Waals surface area (Å²) in [5, 5.41) is 0. The fraction of sp³-hybridized carbons (Fsp3) is 0.421. The fourth-order valence-corrected chi connectivity index (χ4v) is 8.76. The van der Waals surface area contributed by atoms with Gasteiger partial charge in [0.2, 0.25) is 0 Å². The number of hydrogen-bond acceptors (Lipinski definition) is 7. The Balaban J connectivity index is 1.30. The maximum atomic E-state index is 14.2. The molecule has 4 aliphatic rings. The molecule has 1 spiro atoms. The van der Waals surface area contributed by atoms with Crippen LogP contribution in [0.5, 0.6) is 5.75 Å². The Bertz CT molecular complexity index is 1540. The average molecular weight is 690 g/mol. The predicted octanol–water partition coefficient (Wildman–Crippen LogP) is 6.26. The van der Waals surface area contributed by atoms with Crippen LogP contribution in [-0.4, -0.2) is 58.6 Å². The van der Waals surface area contributed by atoms with Crippen LogP contribution in [0.3, 0.4) is 0 Å². The molecule has 0 amide bonds. The van der Waals surface area contributed by atoms with Crippen LogP contribution in [0.25, 0.3) is 0 Å². The second-order valence-electron chi connectivity index (χ2n) is 13.3. The maximum absolute atomic E-state index is 14.2. The minimum absolute atomic E-state index is 0.0233. The van der Waals surface area contributed by atoms with E-state index in [-0.39, 0.29) is 29.8 Å². The molecular formula is C38H42O7Se. The topological polar surface area (TPSA) is 80.3 Å². The van der Waals surface area contributed by atoms with Crippen molar-refractivity contribution in [2.45, 2.75) is 52.4 Å². The van der Waals surface area contributed by atoms with Gasteiger partial charge in [0, 0.05) is 0 Å². The summed E-state index contributed by atoms with van der Waals surface area (Å²) in [7, 11) is 1.65. The second kappa shape index (κ2) is 13.7. The fourth-order valence-electron chi connectivity index (χ4n) is 7.49. The summed E-state index contributed by atoms with van der Waals surface area (Å²) in [5.74, 6) is 1.85. The van der Waals surface area contributed by atoms with Gasteiger partial charge in [0.25, 0.3) is 0 Å². The summed E-state index contributed by atoms with van der Waals surface area (Å²) in [6.07, 6.45) is 3.66. The van der Waals surface area contributed by atoms with Crippen LogP contribution in [0, 0.1) is 22.2 Å². The first-order chi connectivity index (χ1) is 22.3. The van der Waals surface area contributed by atoms with E-state index in [1.54, 1.807) is 7.11 Å². The zero-order valence-corrected chi connectivity index (χ0v) is 28.5. The van der Waals surface area contributed by atoms with Crippen molar-refractivity contribution in [3.8, 4) is 5.75 Å². The molecule has 0 radical (unpaired) electrons. The van der Waals surface area contributed by atoms with Gasteiger partial charge in [0.05, 0.1) is 7.11 Å². The van der Waals surface area contributed by atoms with Gasteiger partial charge in [-0.25, -0.2) is 0 Å². The predicted molar refractivity (Wildman–Crippen MR) is 176 cm³/mol. The van der Waals surface area contributed by atoms with Gasteiger partial charge in [-0.2, -0.15) is 0 Å². The first-order valence-corrected chi connectivity index (χ1v) is 17.6. The van der Waals surface area contributed by atoms with E-state index < -0.39 is 37.3 Å². The number of allylic oxidation sites excluding steroid dienone is 2. The summed E-state index contributed by atoms with van der Waals surface area (Å²) >= 11 is -0.524. The molecule has 2 bridgehead atoms. The van der Waals surface area contributed by atoms with Crippen molar-refractivity contribution in [1.82, 2.24) is 0 Å². The number of carbonyl (C=O) groups excluding carboxylic acids is 2. The molecule has 2 fully saturated rings. The van der Waals surface area contributed by atoms with Crippen molar-refractivity contribution in [1.29, 1.82) is 0 Å². The van der Waals surface area contributed by atoms with Crippen molar-refractivity contribution >= 4 is 30.1 Å². The van der Waals surface area contributed by atoms with Gasteiger partial charge in [-0.3, -0.25) is 0 Å². The summed E-state index contributed by atoms with van der Waals surface area (Å²) in [5.41, 5.74) is -0.360. The number of benzene rings is 3. The molecule has 3 aliphatic carbocycles. The number of ketones is 1. The van der Waals surface area contributed by atoms with E-state index in [1.807, 2.05) is 84.9 Å². The van der Waals surface area contributed by atoms with Crippen LogP contribution in [0.15, 0.2) is 96.8 Å². The van der Waals surface area contributed by atoms with Crippen LogP contribution >= 0.6 is 0 Å². The molecule has 1 saturated heterocycles. The molecule has 1 heterocycles. The molecule has 1 saturated carbocycles. The van der Waals surface area contributed by atoms with Gasteiger partial charge in [-0.05, 0) is 0 Å². The standard InChI is InChI=1S/C38H42O7Se/c1-36(2,24-42-23-28-14-16-30(41-3)17-15-28)34-37(25-43-22-27-10-6-4-7-11-27,26-44-35(40)46-31-12-8-5-9-13-31)38-19-18-29(20-32(38)39)21-33(38)45-34/h4-17,21,29,34H,18-20,22-26H2,1-3H3. The van der Waals surface area contributed by atoms with E-state index in [9.17, 15) is 9.59 Å². The Kier molecular flexibility index (Phi) is 9.72. The van der Waals surface area contributed by atoms with Gasteiger partial charge in [-0.1, -0.05) is 0 Å². The Morgan fingerprint density at radius 2 is 1.59 bits per heavy atom. The first-order valence-electron chi connectivity index (χ1n) is 15.9. The molecule has 3 aromatic rings. The summed E-state index contributed by atoms with van der Waals surface area (Å²) in [6, 6.07) is 27.5. The van der Waals surface area contributed by atoms with Crippen LogP contribution in [0.2, 0.25) is 0 Å². The molecule has 0 aromatic heterocycles. The van der Waals surface area contributed by atoms with Crippen molar-refractivity contribution in [2.24, 2.45) is 22.2 Å². The minimum atomic E-state index is -0.939. The number of carbonyl (C=O) groups is 2. The Labute approximate surface area is 277 Å². The second-order valence-corrected chi connectivity index (χ2v) is 15.4. The monoisotopic (exact) mass is 690 g/mol. The zero-order valence-electron chi connectivity index (χ0n) is 26.7. The summed E-state index contributed by atoms with van der Waals surface area (Å²) in [4.78, 5) is 27.3. The van der Waals surface area contributed by atoms with Gasteiger partial charge < -0.3 is 4.74 Å². The third-order valence-corrected chi connectivity index (χ3v) is 11.4. The molecule has 3 aromatic carbocycles. The quantitative estimate of drug-likeness (QED) is 0.185. The van der Waals surface area contributed by atoms with Gasteiger partial charge in [-0.15, -0.1) is 0 Å². The molecule has 1 aliphatic heterocycles. The number of fused-ring (bicyclic) bond motifs is 2. The SMILES string of the molecule is COc1ccc(COCC(C)(C)C2OC3=CC4CCC3(C(=O)C4)C2(COCc2ccccc2)COC(=O)[Se]c2ccccc2)cc1. The summed E-state index contributed by atoms with van der Waals surface area (Å²) in [6.45, 7) is 5.60. The van der Waals surface area contributed by atoms with Crippen molar-refractivity contribution in [2.75, 3.05) is 26.9 Å². The Morgan fingerprint density at radius 3 is 2.28 bits per heavy atom. The van der Waals surface area contributed by atoms with Crippen LogP contribution in [-0.2, 0) is 37.0 Å². The number of ether oxygens (including phenoxy) is 5. The van der Waals surface area contributed by atoms with E-state index in [0.29, 0.717) is 32.7 Å². The van der Waals surface area contributed by atoms with E-state index in [0.717, 1.165) is 33.5 Å². The Morgan fingerprint density at radius 1 is 0.913 bits per heavy atom. The molecule has 0 N–H and O–H groups in total. The molecule has 242 valence electrons. The van der Waals surface area contributed by atoms with Crippen LogP contribution in [0.4, 0.5) is 4.79 Å². The van der Waals surface area contributed by atoms with E-state index in [1.165, 1.54) is 0 Å². The molecule has 7 rings (SSSR count). The first kappa shape index (κ1) is 32.5. The van der Waals surface area contributed by atoms with E-state index >= 15 is 0 Å². The molecule has 7 nitrogen and oxygen atoms in total. The molecule has 8 heteroatoms. The summed E-state index contributed by atoms with van der Waals surface area (Å²) < 4.78 is 32.2. The third kappa shape index (κ3) is 6.41. The average Bonchev–Trinajstić information content (AvgIpc) is 3.37. The van der Waals surface area contributed by atoms with Crippen molar-refractivity contribution in [3.05, 3.63) is 108 Å². The molecule has 4 atom stereocenters. The third-order valence-electron chi connectivity index (χ3n) is 9.69. The normalized spacial score (nSPS) is 25.0. The van der Waals surface area contributed by atoms with Crippen molar-refractivity contribution in [3.63, 3.8) is 0 Å². The van der Waals surface area contributed by atoms with Crippen LogP contribution < -0.4 is 9.20 Å². The molecular weight excluding hydrogens is 647 g/mol. The Hall–Kier alpha value is -3.42. The zero-order chi connectivity index (χ0) is 32.2. The van der Waals surface area contributed by atoms with Crippen molar-refractivity contribution < 1.29 is 33.3 Å². The van der Waals surface area contributed by atoms with Gasteiger partial charge in [0.15, 0.2) is 0 Å². The molecule has 46 heavy (non-hydrogen) atoms. The number of Topliss-reactive ketones (excluding diaryl/α,β-unsaturated/α-hetero) is 1. The molecule has 4 unspecified atom stereocenters. The van der Waals surface area contributed by atoms with Gasteiger partial charge >= 0.3 is 261 Å². The van der Waals surface area contributed by atoms with Gasteiger partial charge in [0.1, 0.15) is 5.75 Å². The number of methoxy groups -OCH3 is 1.